The first-order valence-electron chi connectivity index (χ1n) is 11.6. The van der Waals surface area contributed by atoms with Crippen LogP contribution in [0.15, 0.2) is 36.4 Å². The van der Waals surface area contributed by atoms with Gasteiger partial charge in [0, 0.05) is 12.3 Å². The molecule has 4 aromatic rings. The third kappa shape index (κ3) is 4.75. The molecule has 158 valence electrons. The van der Waals surface area contributed by atoms with Crippen molar-refractivity contribution >= 4 is 22.1 Å². The van der Waals surface area contributed by atoms with E-state index in [-0.39, 0.29) is 0 Å². The summed E-state index contributed by atoms with van der Waals surface area (Å²) >= 11 is 0. The second kappa shape index (κ2) is 9.46. The molecule has 4 nitrogen and oxygen atoms in total. The molecule has 0 aliphatic heterocycles. The van der Waals surface area contributed by atoms with Crippen LogP contribution in [0.4, 0.5) is 0 Å². The number of unbranched alkanes of at least 4 members (excludes halogenated alkanes) is 6. The van der Waals surface area contributed by atoms with Crippen molar-refractivity contribution in [3.63, 3.8) is 0 Å². The maximum atomic E-state index is 4.86. The van der Waals surface area contributed by atoms with Crippen molar-refractivity contribution in [2.75, 3.05) is 0 Å². The Kier molecular flexibility index (Phi) is 6.51. The molecule has 0 saturated heterocycles. The topological polar surface area (TPSA) is 57.4 Å². The smallest absolute Gasteiger partial charge is 0.109 e. The number of aryl methyl sites for hydroxylation is 1. The maximum absolute atomic E-state index is 4.86. The summed E-state index contributed by atoms with van der Waals surface area (Å²) in [5.74, 6) is 2.55. The van der Waals surface area contributed by atoms with Crippen LogP contribution in [0, 0.1) is 0 Å². The molecule has 4 heteroatoms. The molecule has 0 atom stereocenters. The highest BCUT2D eigenvalue weighted by Gasteiger charge is 2.09. The Bertz CT molecular complexity index is 1100. The zero-order chi connectivity index (χ0) is 20.9. The number of nitrogens with zero attached hydrogens (tertiary/aromatic N) is 2. The predicted molar refractivity (Wildman–Crippen MR) is 127 cm³/mol. The van der Waals surface area contributed by atoms with E-state index in [1.807, 2.05) is 0 Å². The number of H-pyrrole nitrogens is 2. The van der Waals surface area contributed by atoms with Crippen LogP contribution in [0.25, 0.3) is 33.2 Å². The van der Waals surface area contributed by atoms with E-state index in [0.717, 1.165) is 40.1 Å². The zero-order valence-electron chi connectivity index (χ0n) is 18.6. The fourth-order valence-corrected chi connectivity index (χ4v) is 4.08. The summed E-state index contributed by atoms with van der Waals surface area (Å²) in [7, 11) is 0. The quantitative estimate of drug-likeness (QED) is 0.269. The predicted octanol–water partition coefficient (Wildman–Crippen LogP) is 7.52. The van der Waals surface area contributed by atoms with E-state index in [1.54, 1.807) is 0 Å². The fourth-order valence-electron chi connectivity index (χ4n) is 4.08. The van der Waals surface area contributed by atoms with Gasteiger partial charge in [-0.2, -0.15) is 0 Å². The van der Waals surface area contributed by atoms with Crippen molar-refractivity contribution in [3.8, 4) is 11.1 Å². The Balaban J connectivity index is 1.44. The SMILES string of the molecule is CCCCCCCCCc1nc2cc(-c3ccc4[nH]c(C(C)C)nc4c3)ccc2[nH]1. The van der Waals surface area contributed by atoms with E-state index in [0.29, 0.717) is 5.92 Å². The van der Waals surface area contributed by atoms with Crippen molar-refractivity contribution in [2.24, 2.45) is 0 Å². The van der Waals surface area contributed by atoms with Crippen molar-refractivity contribution in [2.45, 2.75) is 78.1 Å². The van der Waals surface area contributed by atoms with Gasteiger partial charge in [-0.05, 0) is 41.8 Å². The molecule has 2 heterocycles. The minimum absolute atomic E-state index is 0.399. The van der Waals surface area contributed by atoms with Crippen molar-refractivity contribution < 1.29 is 0 Å². The van der Waals surface area contributed by atoms with Gasteiger partial charge < -0.3 is 9.97 Å². The lowest BCUT2D eigenvalue weighted by molar-refractivity contribution is 0.585. The maximum Gasteiger partial charge on any atom is 0.109 e. The highest BCUT2D eigenvalue weighted by Crippen LogP contribution is 2.27. The number of hydrogen-bond donors (Lipinski definition) is 2. The second-order valence-corrected chi connectivity index (χ2v) is 8.80. The summed E-state index contributed by atoms with van der Waals surface area (Å²) < 4.78 is 0. The third-order valence-corrected chi connectivity index (χ3v) is 5.93. The molecule has 0 radical (unpaired) electrons. The lowest BCUT2D eigenvalue weighted by Crippen LogP contribution is -1.88. The number of rotatable bonds is 10. The first-order valence-corrected chi connectivity index (χ1v) is 11.6. The summed E-state index contributed by atoms with van der Waals surface area (Å²) in [5, 5.41) is 0. The molecule has 0 amide bonds. The molecule has 30 heavy (non-hydrogen) atoms. The molecule has 2 aromatic heterocycles. The highest BCUT2D eigenvalue weighted by atomic mass is 14.9. The van der Waals surface area contributed by atoms with Gasteiger partial charge in [-0.15, -0.1) is 0 Å². The van der Waals surface area contributed by atoms with Gasteiger partial charge in [0.25, 0.3) is 0 Å². The summed E-state index contributed by atoms with van der Waals surface area (Å²) in [5.41, 5.74) is 6.67. The lowest BCUT2D eigenvalue weighted by atomic mass is 10.0. The molecular formula is C26H34N4. The third-order valence-electron chi connectivity index (χ3n) is 5.93. The van der Waals surface area contributed by atoms with E-state index < -0.39 is 0 Å². The van der Waals surface area contributed by atoms with E-state index in [4.69, 9.17) is 9.97 Å². The average molecular weight is 403 g/mol. The van der Waals surface area contributed by atoms with Crippen LogP contribution in [0.1, 0.15) is 83.3 Å². The van der Waals surface area contributed by atoms with Gasteiger partial charge in [0.05, 0.1) is 22.1 Å². The van der Waals surface area contributed by atoms with Gasteiger partial charge >= 0.3 is 0 Å². The number of imidazole rings is 2. The summed E-state index contributed by atoms with van der Waals surface area (Å²) in [4.78, 5) is 16.5. The fraction of sp³-hybridized carbons (Fsp3) is 0.462. The van der Waals surface area contributed by atoms with E-state index in [2.05, 4.69) is 67.1 Å². The van der Waals surface area contributed by atoms with Crippen LogP contribution in [0.5, 0.6) is 0 Å². The molecule has 0 spiro atoms. The normalized spacial score (nSPS) is 11.9. The molecule has 0 saturated carbocycles. The molecule has 0 unspecified atom stereocenters. The molecule has 0 aliphatic rings. The van der Waals surface area contributed by atoms with Crippen LogP contribution in [-0.2, 0) is 6.42 Å². The second-order valence-electron chi connectivity index (χ2n) is 8.80. The Labute approximate surface area is 179 Å². The standard InChI is InChI=1S/C26H34N4/c1-4-5-6-7-8-9-10-11-25-27-21-14-12-19(16-23(21)28-25)20-13-15-22-24(17-20)30-26(29-22)18(2)3/h12-18H,4-11H2,1-3H3,(H,27,28)(H,29,30). The number of aromatic nitrogens is 4. The lowest BCUT2D eigenvalue weighted by Gasteiger charge is -2.01. The Morgan fingerprint density at radius 1 is 0.733 bits per heavy atom. The minimum atomic E-state index is 0.399. The Morgan fingerprint density at radius 2 is 1.33 bits per heavy atom. The molecule has 0 aliphatic carbocycles. The molecule has 4 rings (SSSR count). The van der Waals surface area contributed by atoms with Crippen LogP contribution >= 0.6 is 0 Å². The van der Waals surface area contributed by atoms with Crippen LogP contribution in [-0.4, -0.2) is 19.9 Å². The van der Waals surface area contributed by atoms with Gasteiger partial charge in [0.1, 0.15) is 11.6 Å². The van der Waals surface area contributed by atoms with Crippen molar-refractivity contribution in [3.05, 3.63) is 48.0 Å². The van der Waals surface area contributed by atoms with Crippen molar-refractivity contribution in [1.82, 2.24) is 19.9 Å². The summed E-state index contributed by atoms with van der Waals surface area (Å²) in [6, 6.07) is 13.0. The Morgan fingerprint density at radius 3 is 2.00 bits per heavy atom. The number of benzene rings is 2. The van der Waals surface area contributed by atoms with Gasteiger partial charge in [0.15, 0.2) is 0 Å². The Hall–Kier alpha value is -2.62. The number of nitrogens with one attached hydrogen (secondary N) is 2. The summed E-state index contributed by atoms with van der Waals surface area (Å²) in [6.45, 7) is 6.59. The first kappa shape index (κ1) is 20.6. The highest BCUT2D eigenvalue weighted by molar-refractivity contribution is 5.86. The van der Waals surface area contributed by atoms with Crippen molar-refractivity contribution in [1.29, 1.82) is 0 Å². The molecule has 2 N–H and O–H groups in total. The zero-order valence-corrected chi connectivity index (χ0v) is 18.6. The monoisotopic (exact) mass is 402 g/mol. The number of aromatic amines is 2. The van der Waals surface area contributed by atoms with Gasteiger partial charge in [-0.25, -0.2) is 9.97 Å². The van der Waals surface area contributed by atoms with E-state index in [9.17, 15) is 0 Å². The molecule has 0 fully saturated rings. The molecule has 2 aromatic carbocycles. The van der Waals surface area contributed by atoms with E-state index in [1.165, 1.54) is 56.1 Å². The van der Waals surface area contributed by atoms with E-state index >= 15 is 0 Å². The largest absolute Gasteiger partial charge is 0.342 e. The average Bonchev–Trinajstić information content (AvgIpc) is 3.35. The van der Waals surface area contributed by atoms with Gasteiger partial charge in [0.2, 0.25) is 0 Å². The van der Waals surface area contributed by atoms with Gasteiger partial charge in [-0.1, -0.05) is 71.4 Å². The van der Waals surface area contributed by atoms with Crippen LogP contribution < -0.4 is 0 Å². The van der Waals surface area contributed by atoms with Crippen LogP contribution in [0.3, 0.4) is 0 Å². The van der Waals surface area contributed by atoms with Crippen LogP contribution in [0.2, 0.25) is 0 Å². The minimum Gasteiger partial charge on any atom is -0.342 e. The summed E-state index contributed by atoms with van der Waals surface area (Å²) in [6.07, 6.45) is 10.3. The number of fused-ring (bicyclic) bond motifs is 2. The number of hydrogen-bond acceptors (Lipinski definition) is 2. The molecule has 0 bridgehead atoms. The molecular weight excluding hydrogens is 368 g/mol. The van der Waals surface area contributed by atoms with Gasteiger partial charge in [-0.3, -0.25) is 0 Å². The first-order chi connectivity index (χ1) is 14.6.